The molecule has 2 rings (SSSR count). The van der Waals surface area contributed by atoms with Crippen molar-refractivity contribution in [2.24, 2.45) is 5.92 Å². The van der Waals surface area contributed by atoms with Crippen LogP contribution in [0.25, 0.3) is 0 Å². The molecule has 1 aliphatic heterocycles. The van der Waals surface area contributed by atoms with Crippen LogP contribution in [-0.2, 0) is 4.74 Å². The summed E-state index contributed by atoms with van der Waals surface area (Å²) in [7, 11) is 0. The zero-order valence-corrected chi connectivity index (χ0v) is 12.2. The number of carbonyl (C=O) groups excluding carboxylic acids is 1. The van der Waals surface area contributed by atoms with Crippen LogP contribution >= 0.6 is 0 Å². The molecule has 2 N–H and O–H groups in total. The van der Waals surface area contributed by atoms with Gasteiger partial charge in [0.25, 0.3) is 5.91 Å². The third-order valence-electron chi connectivity index (χ3n) is 3.38. The van der Waals surface area contributed by atoms with Crippen molar-refractivity contribution in [3.8, 4) is 0 Å². The van der Waals surface area contributed by atoms with Crippen molar-refractivity contribution in [3.63, 3.8) is 0 Å². The molecular formula is C15H23N3O2. The second-order valence-electron chi connectivity index (χ2n) is 5.21. The predicted octanol–water partition coefficient (Wildman–Crippen LogP) is 1.98. The van der Waals surface area contributed by atoms with Gasteiger partial charge in [-0.15, -0.1) is 0 Å². The van der Waals surface area contributed by atoms with E-state index in [4.69, 9.17) is 4.74 Å². The first kappa shape index (κ1) is 14.8. The first-order chi connectivity index (χ1) is 9.69. The lowest BCUT2D eigenvalue weighted by molar-refractivity contribution is 0.0536. The fraction of sp³-hybridized carbons (Fsp3) is 0.600. The molecule has 1 aromatic heterocycles. The van der Waals surface area contributed by atoms with Gasteiger partial charge in [-0.1, -0.05) is 0 Å². The Bertz CT molecular complexity index is 456. The summed E-state index contributed by atoms with van der Waals surface area (Å²) >= 11 is 0. The van der Waals surface area contributed by atoms with Crippen LogP contribution in [-0.4, -0.2) is 37.2 Å². The van der Waals surface area contributed by atoms with Crippen LogP contribution in [0, 0.1) is 12.8 Å². The first-order valence-corrected chi connectivity index (χ1v) is 7.27. The number of anilines is 1. The molecule has 0 radical (unpaired) electrons. The summed E-state index contributed by atoms with van der Waals surface area (Å²) in [6.07, 6.45) is 2.21. The van der Waals surface area contributed by atoms with Gasteiger partial charge in [0.1, 0.15) is 5.82 Å². The highest BCUT2D eigenvalue weighted by Gasteiger charge is 2.15. The maximum atomic E-state index is 12.2. The number of rotatable bonds is 5. The van der Waals surface area contributed by atoms with Crippen LogP contribution in [0.1, 0.15) is 35.8 Å². The highest BCUT2D eigenvalue weighted by Crippen LogP contribution is 2.13. The van der Waals surface area contributed by atoms with Gasteiger partial charge in [0.2, 0.25) is 0 Å². The van der Waals surface area contributed by atoms with Gasteiger partial charge in [-0.05, 0) is 44.7 Å². The molecule has 1 aliphatic rings. The lowest BCUT2D eigenvalue weighted by atomic mass is 10.0. The molecule has 2 heterocycles. The Balaban J connectivity index is 1.93. The largest absolute Gasteiger partial charge is 0.381 e. The molecule has 0 aromatic carbocycles. The second-order valence-corrected chi connectivity index (χ2v) is 5.21. The Labute approximate surface area is 120 Å². The number of ether oxygens (including phenoxy) is 1. The number of pyridine rings is 1. The number of hydrogen-bond donors (Lipinski definition) is 2. The van der Waals surface area contributed by atoms with Crippen LogP contribution in [0.15, 0.2) is 12.1 Å². The van der Waals surface area contributed by atoms with E-state index in [9.17, 15) is 4.79 Å². The molecule has 1 atom stereocenters. The van der Waals surface area contributed by atoms with Gasteiger partial charge in [-0.2, -0.15) is 0 Å². The Hall–Kier alpha value is -1.62. The smallest absolute Gasteiger partial charge is 0.251 e. The highest BCUT2D eigenvalue weighted by atomic mass is 16.5. The van der Waals surface area contributed by atoms with Gasteiger partial charge in [-0.25, -0.2) is 4.98 Å². The fourth-order valence-corrected chi connectivity index (χ4v) is 2.38. The summed E-state index contributed by atoms with van der Waals surface area (Å²) in [5.74, 6) is 1.14. The minimum absolute atomic E-state index is 0.0415. The third-order valence-corrected chi connectivity index (χ3v) is 3.38. The standard InChI is InChI=1S/C15H23N3O2/c1-3-16-14-8-13(7-11(2)18-14)15(19)17-9-12-5-4-6-20-10-12/h7-8,12H,3-6,9-10H2,1-2H3,(H,16,18)(H,17,19). The molecule has 110 valence electrons. The molecule has 20 heavy (non-hydrogen) atoms. The van der Waals surface area contributed by atoms with Crippen LogP contribution in [0.4, 0.5) is 5.82 Å². The number of aromatic nitrogens is 1. The molecule has 0 spiro atoms. The highest BCUT2D eigenvalue weighted by molar-refractivity contribution is 5.95. The number of aryl methyl sites for hydroxylation is 1. The van der Waals surface area contributed by atoms with E-state index in [0.717, 1.165) is 44.1 Å². The van der Waals surface area contributed by atoms with Crippen molar-refractivity contribution >= 4 is 11.7 Å². The van der Waals surface area contributed by atoms with E-state index in [2.05, 4.69) is 15.6 Å². The van der Waals surface area contributed by atoms with Crippen LogP contribution in [0.2, 0.25) is 0 Å². The average Bonchev–Trinajstić information content (AvgIpc) is 2.45. The normalized spacial score (nSPS) is 18.6. The molecule has 1 fully saturated rings. The van der Waals surface area contributed by atoms with Crippen LogP contribution < -0.4 is 10.6 Å². The summed E-state index contributed by atoms with van der Waals surface area (Å²) < 4.78 is 5.42. The van der Waals surface area contributed by atoms with Gasteiger partial charge in [0.15, 0.2) is 0 Å². The van der Waals surface area contributed by atoms with Gasteiger partial charge < -0.3 is 15.4 Å². The summed E-state index contributed by atoms with van der Waals surface area (Å²) in [6.45, 7) is 6.96. The lowest BCUT2D eigenvalue weighted by Gasteiger charge is -2.22. The summed E-state index contributed by atoms with van der Waals surface area (Å²) in [4.78, 5) is 16.5. The SMILES string of the molecule is CCNc1cc(C(=O)NCC2CCCOC2)cc(C)n1. The first-order valence-electron chi connectivity index (χ1n) is 7.27. The van der Waals surface area contributed by atoms with E-state index in [-0.39, 0.29) is 5.91 Å². The van der Waals surface area contributed by atoms with Crippen molar-refractivity contribution < 1.29 is 9.53 Å². The monoisotopic (exact) mass is 277 g/mol. The zero-order valence-electron chi connectivity index (χ0n) is 12.2. The van der Waals surface area contributed by atoms with E-state index in [1.54, 1.807) is 6.07 Å². The Morgan fingerprint density at radius 2 is 2.35 bits per heavy atom. The lowest BCUT2D eigenvalue weighted by Crippen LogP contribution is -2.33. The summed E-state index contributed by atoms with van der Waals surface area (Å²) in [6, 6.07) is 3.61. The summed E-state index contributed by atoms with van der Waals surface area (Å²) in [5.41, 5.74) is 1.50. The van der Waals surface area contributed by atoms with Crippen molar-refractivity contribution in [3.05, 3.63) is 23.4 Å². The Morgan fingerprint density at radius 1 is 1.50 bits per heavy atom. The number of nitrogens with zero attached hydrogens (tertiary/aromatic N) is 1. The number of hydrogen-bond acceptors (Lipinski definition) is 4. The van der Waals surface area contributed by atoms with Crippen molar-refractivity contribution in [2.45, 2.75) is 26.7 Å². The van der Waals surface area contributed by atoms with Crippen LogP contribution in [0.5, 0.6) is 0 Å². The maximum Gasteiger partial charge on any atom is 0.251 e. The maximum absolute atomic E-state index is 12.2. The van der Waals surface area contributed by atoms with Crippen molar-refractivity contribution in [1.82, 2.24) is 10.3 Å². The number of carbonyl (C=O) groups is 1. The Morgan fingerprint density at radius 3 is 3.05 bits per heavy atom. The molecule has 1 aromatic rings. The van der Waals surface area contributed by atoms with E-state index in [1.165, 1.54) is 0 Å². The molecule has 0 bridgehead atoms. The van der Waals surface area contributed by atoms with Crippen LogP contribution in [0.3, 0.4) is 0 Å². The van der Waals surface area contributed by atoms with Gasteiger partial charge >= 0.3 is 0 Å². The molecule has 5 nitrogen and oxygen atoms in total. The molecule has 5 heteroatoms. The van der Waals surface area contributed by atoms with Gasteiger partial charge in [0, 0.05) is 31.0 Å². The van der Waals surface area contributed by atoms with E-state index >= 15 is 0 Å². The summed E-state index contributed by atoms with van der Waals surface area (Å²) in [5, 5.41) is 6.13. The average molecular weight is 277 g/mol. The third kappa shape index (κ3) is 4.20. The Kier molecular flexibility index (Phi) is 5.35. The molecule has 0 saturated carbocycles. The predicted molar refractivity (Wildman–Crippen MR) is 79.0 cm³/mol. The van der Waals surface area contributed by atoms with Gasteiger partial charge in [-0.3, -0.25) is 4.79 Å². The molecule has 1 saturated heterocycles. The fourth-order valence-electron chi connectivity index (χ4n) is 2.38. The topological polar surface area (TPSA) is 63.2 Å². The van der Waals surface area contributed by atoms with Gasteiger partial charge in [0.05, 0.1) is 6.61 Å². The zero-order chi connectivity index (χ0) is 14.4. The number of nitrogens with one attached hydrogen (secondary N) is 2. The van der Waals surface area contributed by atoms with E-state index < -0.39 is 0 Å². The van der Waals surface area contributed by atoms with Crippen molar-refractivity contribution in [2.75, 3.05) is 31.6 Å². The quantitative estimate of drug-likeness (QED) is 0.864. The minimum atomic E-state index is -0.0415. The molecule has 0 aliphatic carbocycles. The second kappa shape index (κ2) is 7.24. The molecular weight excluding hydrogens is 254 g/mol. The van der Waals surface area contributed by atoms with Crippen molar-refractivity contribution in [1.29, 1.82) is 0 Å². The molecule has 1 amide bonds. The molecule has 1 unspecified atom stereocenters. The van der Waals surface area contributed by atoms with E-state index in [1.807, 2.05) is 19.9 Å². The van der Waals surface area contributed by atoms with E-state index in [0.29, 0.717) is 18.0 Å². The number of amides is 1. The minimum Gasteiger partial charge on any atom is -0.381 e.